The smallest absolute Gasteiger partial charge is 0.00804 e. The van der Waals surface area contributed by atoms with Crippen LogP contribution in [0.2, 0.25) is 0 Å². The third kappa shape index (κ3) is 8.74. The van der Waals surface area contributed by atoms with Crippen LogP contribution in [0, 0.1) is 10.8 Å². The molecule has 2 nitrogen and oxygen atoms in total. The maximum Gasteiger partial charge on any atom is 0.00804 e. The van der Waals surface area contributed by atoms with E-state index in [2.05, 4.69) is 59.1 Å². The van der Waals surface area contributed by atoms with Crippen molar-refractivity contribution in [2.75, 3.05) is 6.54 Å². The first kappa shape index (κ1) is 24.0. The van der Waals surface area contributed by atoms with Crippen molar-refractivity contribution in [3.8, 4) is 0 Å². The SMILES string of the molecule is CCCC(CCC)NCC1(C)CC(NC(CCC)CCC)CC(C)(C)C1. The van der Waals surface area contributed by atoms with Crippen molar-refractivity contribution in [2.24, 2.45) is 10.8 Å². The number of rotatable bonds is 13. The highest BCUT2D eigenvalue weighted by atomic mass is 15.0. The van der Waals surface area contributed by atoms with E-state index >= 15 is 0 Å². The van der Waals surface area contributed by atoms with E-state index in [4.69, 9.17) is 0 Å². The highest BCUT2D eigenvalue weighted by Gasteiger charge is 2.41. The van der Waals surface area contributed by atoms with E-state index in [9.17, 15) is 0 Å². The van der Waals surface area contributed by atoms with Crippen LogP contribution in [0.1, 0.15) is 119 Å². The fourth-order valence-electron chi connectivity index (χ4n) is 5.66. The largest absolute Gasteiger partial charge is 0.313 e. The Hall–Kier alpha value is -0.0800. The van der Waals surface area contributed by atoms with Crippen LogP contribution in [0.3, 0.4) is 0 Å². The van der Waals surface area contributed by atoms with Gasteiger partial charge < -0.3 is 10.6 Å². The third-order valence-corrected chi connectivity index (χ3v) is 6.28. The van der Waals surface area contributed by atoms with Crippen LogP contribution >= 0.6 is 0 Å². The maximum atomic E-state index is 4.08. The molecule has 2 heteroatoms. The summed E-state index contributed by atoms with van der Waals surface area (Å²) in [6, 6.07) is 2.12. The predicted molar refractivity (Wildman–Crippen MR) is 118 cm³/mol. The molecule has 2 N–H and O–H groups in total. The Morgan fingerprint density at radius 1 is 0.769 bits per heavy atom. The van der Waals surface area contributed by atoms with Crippen LogP contribution < -0.4 is 10.6 Å². The van der Waals surface area contributed by atoms with Gasteiger partial charge in [0.2, 0.25) is 0 Å². The second-order valence-electron chi connectivity index (χ2n) is 10.4. The molecule has 1 aliphatic rings. The fraction of sp³-hybridized carbons (Fsp3) is 1.00. The quantitative estimate of drug-likeness (QED) is 0.379. The van der Waals surface area contributed by atoms with Crippen molar-refractivity contribution in [3.63, 3.8) is 0 Å². The van der Waals surface area contributed by atoms with E-state index < -0.39 is 0 Å². The lowest BCUT2D eigenvalue weighted by Gasteiger charge is -2.48. The van der Waals surface area contributed by atoms with Crippen molar-refractivity contribution in [1.82, 2.24) is 10.6 Å². The van der Waals surface area contributed by atoms with Gasteiger partial charge in [0.1, 0.15) is 0 Å². The molecule has 0 aliphatic heterocycles. The van der Waals surface area contributed by atoms with Crippen molar-refractivity contribution >= 4 is 0 Å². The number of hydrogen-bond donors (Lipinski definition) is 2. The zero-order chi connectivity index (χ0) is 19.6. The summed E-state index contributed by atoms with van der Waals surface area (Å²) in [5.74, 6) is 0. The van der Waals surface area contributed by atoms with Crippen LogP contribution in [0.25, 0.3) is 0 Å². The molecule has 1 saturated carbocycles. The monoisotopic (exact) mass is 366 g/mol. The Labute approximate surface area is 165 Å². The molecule has 2 unspecified atom stereocenters. The van der Waals surface area contributed by atoms with E-state index in [0.717, 1.165) is 0 Å². The summed E-state index contributed by atoms with van der Waals surface area (Å²) in [4.78, 5) is 0. The second kappa shape index (κ2) is 11.7. The van der Waals surface area contributed by atoms with Gasteiger partial charge in [-0.2, -0.15) is 0 Å². The second-order valence-corrected chi connectivity index (χ2v) is 10.4. The highest BCUT2D eigenvalue weighted by Crippen LogP contribution is 2.46. The predicted octanol–water partition coefficient (Wildman–Crippen LogP) is 6.69. The summed E-state index contributed by atoms with van der Waals surface area (Å²) in [5.41, 5.74) is 0.864. The van der Waals surface area contributed by atoms with Gasteiger partial charge in [-0.05, 0) is 55.8 Å². The Kier molecular flexibility index (Phi) is 10.8. The van der Waals surface area contributed by atoms with Gasteiger partial charge in [-0.1, -0.05) is 74.1 Å². The van der Waals surface area contributed by atoms with Crippen molar-refractivity contribution in [2.45, 2.75) is 137 Å². The summed E-state index contributed by atoms with van der Waals surface area (Å²) in [7, 11) is 0. The number of hydrogen-bond acceptors (Lipinski definition) is 2. The van der Waals surface area contributed by atoms with Crippen LogP contribution in [-0.4, -0.2) is 24.7 Å². The number of nitrogens with one attached hydrogen (secondary N) is 2. The maximum absolute atomic E-state index is 4.08. The zero-order valence-corrected chi connectivity index (χ0v) is 19.2. The molecular formula is C24H50N2. The summed E-state index contributed by atoms with van der Waals surface area (Å²) in [6.07, 6.45) is 14.5. The lowest BCUT2D eigenvalue weighted by molar-refractivity contribution is 0.0621. The van der Waals surface area contributed by atoms with E-state index in [1.807, 2.05) is 0 Å². The van der Waals surface area contributed by atoms with Gasteiger partial charge >= 0.3 is 0 Å². The van der Waals surface area contributed by atoms with E-state index in [-0.39, 0.29) is 0 Å². The highest BCUT2D eigenvalue weighted by molar-refractivity contribution is 4.96. The van der Waals surface area contributed by atoms with Crippen LogP contribution in [-0.2, 0) is 0 Å². The molecule has 0 radical (unpaired) electrons. The van der Waals surface area contributed by atoms with Gasteiger partial charge in [-0.25, -0.2) is 0 Å². The topological polar surface area (TPSA) is 24.1 Å². The van der Waals surface area contributed by atoms with Crippen LogP contribution in [0.5, 0.6) is 0 Å². The molecule has 0 aromatic rings. The van der Waals surface area contributed by atoms with Gasteiger partial charge in [0.25, 0.3) is 0 Å². The Morgan fingerprint density at radius 3 is 1.77 bits per heavy atom. The van der Waals surface area contributed by atoms with Gasteiger partial charge in [-0.3, -0.25) is 0 Å². The van der Waals surface area contributed by atoms with Gasteiger partial charge in [-0.15, -0.1) is 0 Å². The normalized spacial score (nSPS) is 26.0. The van der Waals surface area contributed by atoms with Crippen molar-refractivity contribution in [1.29, 1.82) is 0 Å². The van der Waals surface area contributed by atoms with Crippen molar-refractivity contribution < 1.29 is 0 Å². The minimum atomic E-state index is 0.419. The molecule has 26 heavy (non-hydrogen) atoms. The summed E-state index contributed by atoms with van der Waals surface area (Å²) in [6.45, 7) is 18.0. The van der Waals surface area contributed by atoms with Crippen LogP contribution in [0.4, 0.5) is 0 Å². The minimum Gasteiger partial charge on any atom is -0.313 e. The molecule has 0 spiro atoms. The Morgan fingerprint density at radius 2 is 1.27 bits per heavy atom. The van der Waals surface area contributed by atoms with Gasteiger partial charge in [0.05, 0.1) is 0 Å². The molecule has 0 heterocycles. The Balaban J connectivity index is 2.71. The van der Waals surface area contributed by atoms with E-state index in [0.29, 0.717) is 29.0 Å². The molecule has 0 saturated heterocycles. The van der Waals surface area contributed by atoms with Crippen molar-refractivity contribution in [3.05, 3.63) is 0 Å². The molecule has 0 aromatic carbocycles. The molecule has 1 rings (SSSR count). The first-order valence-corrected chi connectivity index (χ1v) is 11.8. The molecule has 156 valence electrons. The third-order valence-electron chi connectivity index (χ3n) is 6.28. The fourth-order valence-corrected chi connectivity index (χ4v) is 5.66. The minimum absolute atomic E-state index is 0.419. The average Bonchev–Trinajstić information content (AvgIpc) is 2.52. The van der Waals surface area contributed by atoms with E-state index in [1.165, 1.54) is 77.2 Å². The first-order valence-electron chi connectivity index (χ1n) is 11.8. The lowest BCUT2D eigenvalue weighted by atomic mass is 9.62. The molecule has 1 aliphatic carbocycles. The average molecular weight is 367 g/mol. The molecule has 0 aromatic heterocycles. The summed E-state index contributed by atoms with van der Waals surface area (Å²) in [5, 5.41) is 8.04. The molecule has 0 amide bonds. The van der Waals surface area contributed by atoms with Gasteiger partial charge in [0.15, 0.2) is 0 Å². The van der Waals surface area contributed by atoms with Gasteiger partial charge in [0, 0.05) is 24.7 Å². The standard InChI is InChI=1S/C24H50N2/c1-8-12-20(13-9-2)25-19-24(7)17-22(16-23(5,6)18-24)26-21(14-10-3)15-11-4/h20-22,25-26H,8-19H2,1-7H3. The molecular weight excluding hydrogens is 316 g/mol. The first-order chi connectivity index (χ1) is 12.3. The van der Waals surface area contributed by atoms with Crippen LogP contribution in [0.15, 0.2) is 0 Å². The molecule has 1 fully saturated rings. The summed E-state index contributed by atoms with van der Waals surface area (Å²) >= 11 is 0. The van der Waals surface area contributed by atoms with E-state index in [1.54, 1.807) is 0 Å². The molecule has 0 bridgehead atoms. The molecule has 2 atom stereocenters. The summed E-state index contributed by atoms with van der Waals surface area (Å²) < 4.78 is 0. The Bertz CT molecular complexity index is 353. The zero-order valence-electron chi connectivity index (χ0n) is 19.2. The lowest BCUT2D eigenvalue weighted by Crippen LogP contribution is -2.51.